The summed E-state index contributed by atoms with van der Waals surface area (Å²) >= 11 is 5.69. The molecule has 1 fully saturated rings. The minimum absolute atomic E-state index is 0.0185. The van der Waals surface area contributed by atoms with Crippen LogP contribution in [-0.2, 0) is 6.18 Å². The summed E-state index contributed by atoms with van der Waals surface area (Å²) in [7, 11) is 2.05. The molecular formula is C16H17ClF3N5. The molecule has 1 N–H and O–H groups in total. The van der Waals surface area contributed by atoms with Gasteiger partial charge in [-0.25, -0.2) is 4.98 Å². The maximum atomic E-state index is 13.2. The number of alkyl halides is 3. The van der Waals surface area contributed by atoms with Gasteiger partial charge in [0.15, 0.2) is 0 Å². The van der Waals surface area contributed by atoms with E-state index in [2.05, 4.69) is 25.1 Å². The van der Waals surface area contributed by atoms with Gasteiger partial charge < -0.3 is 15.1 Å². The Morgan fingerprint density at radius 1 is 1.12 bits per heavy atom. The first-order chi connectivity index (χ1) is 11.8. The van der Waals surface area contributed by atoms with Crippen molar-refractivity contribution in [1.29, 1.82) is 0 Å². The second kappa shape index (κ2) is 7.05. The van der Waals surface area contributed by atoms with E-state index in [1.165, 1.54) is 18.3 Å². The van der Waals surface area contributed by atoms with E-state index in [1.807, 2.05) is 7.05 Å². The van der Waals surface area contributed by atoms with Crippen LogP contribution in [0.2, 0.25) is 5.02 Å². The number of nitrogens with zero attached hydrogens (tertiary/aromatic N) is 4. The van der Waals surface area contributed by atoms with Crippen LogP contribution in [0.3, 0.4) is 0 Å². The molecule has 5 nitrogen and oxygen atoms in total. The number of halogens is 4. The summed E-state index contributed by atoms with van der Waals surface area (Å²) in [4.78, 5) is 12.7. The fourth-order valence-electron chi connectivity index (χ4n) is 2.60. The average molecular weight is 372 g/mol. The smallest absolute Gasteiger partial charge is 0.354 e. The number of hydrogen-bond donors (Lipinski definition) is 1. The number of rotatable bonds is 3. The van der Waals surface area contributed by atoms with E-state index in [4.69, 9.17) is 11.6 Å². The summed E-state index contributed by atoms with van der Waals surface area (Å²) in [5.74, 6) is 0.803. The van der Waals surface area contributed by atoms with Gasteiger partial charge >= 0.3 is 6.18 Å². The van der Waals surface area contributed by atoms with E-state index in [0.29, 0.717) is 5.82 Å². The standard InChI is InChI=1S/C16H17ClF3N5/c1-24-6-8-25(9-7-24)14-4-5-21-15(23-14)22-13-3-2-11(17)10-12(13)16(18,19)20/h2-5,10H,6-9H2,1H3,(H,21,22,23). The van der Waals surface area contributed by atoms with Crippen LogP contribution in [0.1, 0.15) is 5.56 Å². The first kappa shape index (κ1) is 17.8. The number of likely N-dealkylation sites (N-methyl/N-ethyl adjacent to an activating group) is 1. The van der Waals surface area contributed by atoms with Crippen molar-refractivity contribution in [3.05, 3.63) is 41.0 Å². The normalized spacial score (nSPS) is 16.1. The lowest BCUT2D eigenvalue weighted by Gasteiger charge is -2.33. The number of piperazine rings is 1. The molecule has 0 spiro atoms. The average Bonchev–Trinajstić information content (AvgIpc) is 2.56. The Morgan fingerprint density at radius 3 is 2.52 bits per heavy atom. The van der Waals surface area contributed by atoms with E-state index < -0.39 is 11.7 Å². The van der Waals surface area contributed by atoms with Gasteiger partial charge in [0, 0.05) is 37.4 Å². The maximum Gasteiger partial charge on any atom is 0.418 e. The Balaban J connectivity index is 1.84. The highest BCUT2D eigenvalue weighted by atomic mass is 35.5. The molecule has 1 aliphatic heterocycles. The molecule has 0 aliphatic carbocycles. The molecule has 0 amide bonds. The zero-order valence-corrected chi connectivity index (χ0v) is 14.3. The van der Waals surface area contributed by atoms with Crippen molar-refractivity contribution in [2.75, 3.05) is 43.4 Å². The SMILES string of the molecule is CN1CCN(c2ccnc(Nc3ccc(Cl)cc3C(F)(F)F)n2)CC1. The minimum atomic E-state index is -4.53. The van der Waals surface area contributed by atoms with Crippen molar-refractivity contribution >= 4 is 29.1 Å². The molecule has 3 rings (SSSR count). The zero-order chi connectivity index (χ0) is 18.0. The molecule has 134 valence electrons. The van der Waals surface area contributed by atoms with Crippen LogP contribution in [0, 0.1) is 0 Å². The van der Waals surface area contributed by atoms with Crippen LogP contribution in [0.5, 0.6) is 0 Å². The summed E-state index contributed by atoms with van der Waals surface area (Å²) in [6.45, 7) is 3.42. The van der Waals surface area contributed by atoms with Crippen LogP contribution in [-0.4, -0.2) is 48.1 Å². The molecular weight excluding hydrogens is 355 g/mol. The van der Waals surface area contributed by atoms with Crippen molar-refractivity contribution in [3.63, 3.8) is 0 Å². The van der Waals surface area contributed by atoms with Gasteiger partial charge in [0.25, 0.3) is 0 Å². The Kier molecular flexibility index (Phi) is 5.01. The Labute approximate surface area is 148 Å². The topological polar surface area (TPSA) is 44.3 Å². The Morgan fingerprint density at radius 2 is 1.84 bits per heavy atom. The van der Waals surface area contributed by atoms with Crippen molar-refractivity contribution in [1.82, 2.24) is 14.9 Å². The summed E-state index contributed by atoms with van der Waals surface area (Å²) < 4.78 is 39.6. The molecule has 1 aromatic heterocycles. The highest BCUT2D eigenvalue weighted by molar-refractivity contribution is 6.30. The molecule has 0 radical (unpaired) electrons. The summed E-state index contributed by atoms with van der Waals surface area (Å²) in [5.41, 5.74) is -0.985. The number of nitrogens with one attached hydrogen (secondary N) is 1. The molecule has 0 atom stereocenters. The summed E-state index contributed by atoms with van der Waals surface area (Å²) in [6, 6.07) is 5.30. The third kappa shape index (κ3) is 4.32. The van der Waals surface area contributed by atoms with Gasteiger partial charge in [-0.3, -0.25) is 0 Å². The lowest BCUT2D eigenvalue weighted by molar-refractivity contribution is -0.136. The second-order valence-electron chi connectivity index (χ2n) is 5.84. The van der Waals surface area contributed by atoms with Gasteiger partial charge in [-0.15, -0.1) is 0 Å². The molecule has 2 heterocycles. The fraction of sp³-hybridized carbons (Fsp3) is 0.375. The van der Waals surface area contributed by atoms with Gasteiger partial charge in [0.1, 0.15) is 5.82 Å². The number of benzene rings is 1. The number of hydrogen-bond acceptors (Lipinski definition) is 5. The molecule has 0 saturated carbocycles. The van der Waals surface area contributed by atoms with Crippen molar-refractivity contribution < 1.29 is 13.2 Å². The van der Waals surface area contributed by atoms with Crippen LogP contribution in [0.15, 0.2) is 30.5 Å². The molecule has 1 saturated heterocycles. The van der Waals surface area contributed by atoms with Gasteiger partial charge in [0.05, 0.1) is 11.3 Å². The predicted molar refractivity (Wildman–Crippen MR) is 91.5 cm³/mol. The predicted octanol–water partition coefficient (Wildman–Crippen LogP) is 3.64. The molecule has 1 aliphatic rings. The monoisotopic (exact) mass is 371 g/mol. The molecule has 2 aromatic rings. The van der Waals surface area contributed by atoms with E-state index >= 15 is 0 Å². The van der Waals surface area contributed by atoms with Gasteiger partial charge in [-0.05, 0) is 31.3 Å². The number of anilines is 3. The highest BCUT2D eigenvalue weighted by Crippen LogP contribution is 2.37. The number of aromatic nitrogens is 2. The minimum Gasteiger partial charge on any atom is -0.354 e. The Bertz CT molecular complexity index is 745. The van der Waals surface area contributed by atoms with Gasteiger partial charge in [0.2, 0.25) is 5.95 Å². The zero-order valence-electron chi connectivity index (χ0n) is 13.5. The van der Waals surface area contributed by atoms with Crippen LogP contribution in [0.4, 0.5) is 30.6 Å². The lowest BCUT2D eigenvalue weighted by atomic mass is 10.1. The molecule has 9 heteroatoms. The quantitative estimate of drug-likeness (QED) is 0.892. The van der Waals surface area contributed by atoms with Crippen molar-refractivity contribution in [2.24, 2.45) is 0 Å². The van der Waals surface area contributed by atoms with Crippen molar-refractivity contribution in [2.45, 2.75) is 6.18 Å². The molecule has 1 aromatic carbocycles. The molecule has 0 unspecified atom stereocenters. The van der Waals surface area contributed by atoms with E-state index in [-0.39, 0.29) is 16.7 Å². The van der Waals surface area contributed by atoms with Crippen LogP contribution >= 0.6 is 11.6 Å². The van der Waals surface area contributed by atoms with Gasteiger partial charge in [-0.2, -0.15) is 18.2 Å². The van der Waals surface area contributed by atoms with E-state index in [9.17, 15) is 13.2 Å². The van der Waals surface area contributed by atoms with E-state index in [1.54, 1.807) is 6.07 Å². The van der Waals surface area contributed by atoms with Crippen molar-refractivity contribution in [3.8, 4) is 0 Å². The fourth-order valence-corrected chi connectivity index (χ4v) is 2.77. The molecule has 25 heavy (non-hydrogen) atoms. The third-order valence-electron chi connectivity index (χ3n) is 4.00. The largest absolute Gasteiger partial charge is 0.418 e. The maximum absolute atomic E-state index is 13.2. The summed E-state index contributed by atoms with van der Waals surface area (Å²) in [5, 5.41) is 2.68. The lowest BCUT2D eigenvalue weighted by Crippen LogP contribution is -2.44. The van der Waals surface area contributed by atoms with Gasteiger partial charge in [-0.1, -0.05) is 11.6 Å². The molecule has 0 bridgehead atoms. The Hall–Kier alpha value is -2.06. The van der Waals surface area contributed by atoms with Crippen LogP contribution in [0.25, 0.3) is 0 Å². The van der Waals surface area contributed by atoms with E-state index in [0.717, 1.165) is 32.2 Å². The van der Waals surface area contributed by atoms with Crippen LogP contribution < -0.4 is 10.2 Å². The second-order valence-corrected chi connectivity index (χ2v) is 6.28. The first-order valence-corrected chi connectivity index (χ1v) is 8.11. The highest BCUT2D eigenvalue weighted by Gasteiger charge is 2.34. The first-order valence-electron chi connectivity index (χ1n) is 7.73. The summed E-state index contributed by atoms with van der Waals surface area (Å²) in [6.07, 6.45) is -2.99. The third-order valence-corrected chi connectivity index (χ3v) is 4.24.